The minimum Gasteiger partial charge on any atom is -0.478 e. The third-order valence-corrected chi connectivity index (χ3v) is 7.22. The maximum absolute atomic E-state index is 5.82. The van der Waals surface area contributed by atoms with Gasteiger partial charge >= 0.3 is 0 Å². The molecule has 3 aromatic heterocycles. The Hall–Kier alpha value is -3.02. The van der Waals surface area contributed by atoms with Gasteiger partial charge in [-0.1, -0.05) is 104 Å². The number of pyridine rings is 2. The summed E-state index contributed by atoms with van der Waals surface area (Å²) in [6.07, 6.45) is 24.2. The second-order valence-corrected chi connectivity index (χ2v) is 10.7. The van der Waals surface area contributed by atoms with Crippen molar-refractivity contribution in [3.8, 4) is 34.3 Å². The van der Waals surface area contributed by atoms with E-state index in [0.717, 1.165) is 35.4 Å². The van der Waals surface area contributed by atoms with Crippen molar-refractivity contribution < 1.29 is 9.47 Å². The van der Waals surface area contributed by atoms with E-state index >= 15 is 0 Å². The van der Waals surface area contributed by atoms with Crippen LogP contribution in [-0.2, 0) is 0 Å². The molecule has 0 aliphatic heterocycles. The third-order valence-electron chi connectivity index (χ3n) is 7.22. The number of nitrogens with zero attached hydrogens (tertiary/aromatic N) is 4. The molecule has 40 heavy (non-hydrogen) atoms. The van der Waals surface area contributed by atoms with Crippen LogP contribution in [-0.4, -0.2) is 33.4 Å². The van der Waals surface area contributed by atoms with Crippen LogP contribution in [0.3, 0.4) is 0 Å². The first-order chi connectivity index (χ1) is 19.8. The molecule has 0 aliphatic carbocycles. The van der Waals surface area contributed by atoms with Crippen molar-refractivity contribution in [1.29, 1.82) is 0 Å². The van der Waals surface area contributed by atoms with Crippen LogP contribution in [0.1, 0.15) is 117 Å². The van der Waals surface area contributed by atoms with Crippen molar-refractivity contribution in [1.82, 2.24) is 20.2 Å². The highest BCUT2D eigenvalue weighted by atomic mass is 16.5. The molecule has 0 amide bonds. The van der Waals surface area contributed by atoms with Gasteiger partial charge < -0.3 is 9.47 Å². The third kappa shape index (κ3) is 12.4. The molecule has 3 heterocycles. The zero-order valence-electron chi connectivity index (χ0n) is 25.0. The van der Waals surface area contributed by atoms with Crippen molar-refractivity contribution in [2.45, 2.75) is 117 Å². The molecule has 218 valence electrons. The zero-order chi connectivity index (χ0) is 28.1. The minimum atomic E-state index is 0.659. The van der Waals surface area contributed by atoms with E-state index < -0.39 is 0 Å². The van der Waals surface area contributed by atoms with E-state index in [4.69, 9.17) is 9.47 Å². The molecule has 0 aromatic carbocycles. The van der Waals surface area contributed by atoms with E-state index in [2.05, 4.69) is 34.0 Å². The van der Waals surface area contributed by atoms with Crippen LogP contribution in [0.25, 0.3) is 22.5 Å². The summed E-state index contributed by atoms with van der Waals surface area (Å²) in [4.78, 5) is 8.91. The van der Waals surface area contributed by atoms with Gasteiger partial charge in [0.25, 0.3) is 0 Å². The second kappa shape index (κ2) is 19.9. The molecule has 0 spiro atoms. The molecule has 6 nitrogen and oxygen atoms in total. The van der Waals surface area contributed by atoms with E-state index in [9.17, 15) is 0 Å². The van der Waals surface area contributed by atoms with Crippen molar-refractivity contribution >= 4 is 0 Å². The molecule has 0 saturated heterocycles. The highest BCUT2D eigenvalue weighted by molar-refractivity contribution is 5.62. The lowest BCUT2D eigenvalue weighted by Gasteiger charge is -2.07. The summed E-state index contributed by atoms with van der Waals surface area (Å²) in [5, 5.41) is 8.82. The summed E-state index contributed by atoms with van der Waals surface area (Å²) in [6, 6.07) is 11.7. The van der Waals surface area contributed by atoms with E-state index in [1.807, 2.05) is 36.4 Å². The van der Waals surface area contributed by atoms with Crippen molar-refractivity contribution in [2.24, 2.45) is 0 Å². The van der Waals surface area contributed by atoms with Crippen LogP contribution in [0.4, 0.5) is 0 Å². The van der Waals surface area contributed by atoms with Gasteiger partial charge in [-0.3, -0.25) is 0 Å². The number of hydrogen-bond acceptors (Lipinski definition) is 6. The number of hydrogen-bond donors (Lipinski definition) is 0. The molecule has 6 heteroatoms. The maximum Gasteiger partial charge on any atom is 0.213 e. The van der Waals surface area contributed by atoms with E-state index in [0.29, 0.717) is 25.0 Å². The standard InChI is InChI=1S/C34H50N4O2/c1-3-5-7-9-11-13-15-17-25-39-33-23-19-29(27-35-33)31-21-22-32(38-37-31)30-20-24-34(36-28-30)40-26-18-16-14-12-10-8-6-4-2/h19-24,27-28H,3-18,25-26H2,1-2H3. The highest BCUT2D eigenvalue weighted by Gasteiger charge is 2.06. The monoisotopic (exact) mass is 546 g/mol. The molecule has 0 fully saturated rings. The number of aromatic nitrogens is 4. The van der Waals surface area contributed by atoms with Crippen LogP contribution >= 0.6 is 0 Å². The van der Waals surface area contributed by atoms with Gasteiger partial charge in [0.1, 0.15) is 0 Å². The number of ether oxygens (including phenoxy) is 2. The molecule has 0 atom stereocenters. The molecule has 0 saturated carbocycles. The van der Waals surface area contributed by atoms with Crippen molar-refractivity contribution in [3.05, 3.63) is 48.8 Å². The lowest BCUT2D eigenvalue weighted by Crippen LogP contribution is -2.00. The zero-order valence-corrected chi connectivity index (χ0v) is 25.0. The SMILES string of the molecule is CCCCCCCCCCOc1ccc(-c2ccc(-c3ccc(OCCCCCCCCCC)nc3)nn2)cn1. The second-order valence-electron chi connectivity index (χ2n) is 10.7. The molecule has 0 radical (unpaired) electrons. The van der Waals surface area contributed by atoms with Crippen molar-refractivity contribution in [3.63, 3.8) is 0 Å². The molecule has 0 N–H and O–H groups in total. The Labute approximate surface area is 242 Å². The Morgan fingerprint density at radius 2 is 0.825 bits per heavy atom. The van der Waals surface area contributed by atoms with E-state index in [1.165, 1.54) is 89.9 Å². The smallest absolute Gasteiger partial charge is 0.213 e. The predicted molar refractivity (Wildman–Crippen MR) is 165 cm³/mol. The van der Waals surface area contributed by atoms with Gasteiger partial charge in [0.05, 0.1) is 24.6 Å². The summed E-state index contributed by atoms with van der Waals surface area (Å²) in [5.41, 5.74) is 3.40. The van der Waals surface area contributed by atoms with Crippen LogP contribution in [0.15, 0.2) is 48.8 Å². The first-order valence-electron chi connectivity index (χ1n) is 15.8. The molecular formula is C34H50N4O2. The Morgan fingerprint density at radius 3 is 1.15 bits per heavy atom. The average molecular weight is 547 g/mol. The summed E-state index contributed by atoms with van der Waals surface area (Å²) < 4.78 is 11.6. The van der Waals surface area contributed by atoms with Gasteiger partial charge in [0, 0.05) is 35.7 Å². The summed E-state index contributed by atoms with van der Waals surface area (Å²) in [5.74, 6) is 1.32. The number of unbranched alkanes of at least 4 members (excludes halogenated alkanes) is 14. The Bertz CT molecular complexity index is 939. The molecular weight excluding hydrogens is 496 g/mol. The van der Waals surface area contributed by atoms with Gasteiger partial charge in [-0.15, -0.1) is 10.2 Å². The normalized spacial score (nSPS) is 11.1. The Kier molecular flexibility index (Phi) is 15.7. The van der Waals surface area contributed by atoms with Crippen LogP contribution in [0.2, 0.25) is 0 Å². The van der Waals surface area contributed by atoms with Gasteiger partial charge in [0.2, 0.25) is 11.8 Å². The summed E-state index contributed by atoms with van der Waals surface area (Å²) in [7, 11) is 0. The first kappa shape index (κ1) is 31.5. The highest BCUT2D eigenvalue weighted by Crippen LogP contribution is 2.22. The number of rotatable bonds is 22. The molecule has 0 aliphatic rings. The minimum absolute atomic E-state index is 0.659. The maximum atomic E-state index is 5.82. The molecule has 0 bridgehead atoms. The summed E-state index contributed by atoms with van der Waals surface area (Å²) in [6.45, 7) is 5.95. The lowest BCUT2D eigenvalue weighted by molar-refractivity contribution is 0.293. The largest absolute Gasteiger partial charge is 0.478 e. The fraction of sp³-hybridized carbons (Fsp3) is 0.588. The predicted octanol–water partition coefficient (Wildman–Crippen LogP) is 9.64. The molecule has 3 aromatic rings. The topological polar surface area (TPSA) is 70.0 Å². The Morgan fingerprint density at radius 1 is 0.450 bits per heavy atom. The van der Waals surface area contributed by atoms with Gasteiger partial charge in [-0.05, 0) is 37.1 Å². The fourth-order valence-corrected chi connectivity index (χ4v) is 4.70. The van der Waals surface area contributed by atoms with Crippen LogP contribution < -0.4 is 9.47 Å². The van der Waals surface area contributed by atoms with Crippen LogP contribution in [0, 0.1) is 0 Å². The fourth-order valence-electron chi connectivity index (χ4n) is 4.70. The first-order valence-corrected chi connectivity index (χ1v) is 15.8. The van der Waals surface area contributed by atoms with Crippen LogP contribution in [0.5, 0.6) is 11.8 Å². The van der Waals surface area contributed by atoms with E-state index in [1.54, 1.807) is 12.4 Å². The Balaban J connectivity index is 1.34. The van der Waals surface area contributed by atoms with E-state index in [-0.39, 0.29) is 0 Å². The molecule has 3 rings (SSSR count). The van der Waals surface area contributed by atoms with Gasteiger partial charge in [-0.2, -0.15) is 0 Å². The molecule has 0 unspecified atom stereocenters. The summed E-state index contributed by atoms with van der Waals surface area (Å²) >= 11 is 0. The van der Waals surface area contributed by atoms with Crippen molar-refractivity contribution in [2.75, 3.05) is 13.2 Å². The van der Waals surface area contributed by atoms with Gasteiger partial charge in [0.15, 0.2) is 0 Å². The lowest BCUT2D eigenvalue weighted by atomic mass is 10.1. The van der Waals surface area contributed by atoms with Gasteiger partial charge in [-0.25, -0.2) is 9.97 Å². The quantitative estimate of drug-likeness (QED) is 0.117. The average Bonchev–Trinajstić information content (AvgIpc) is 3.00.